The summed E-state index contributed by atoms with van der Waals surface area (Å²) in [4.78, 5) is 17.2. The molecule has 2 aliphatic rings. The zero-order valence-electron chi connectivity index (χ0n) is 15.2. The lowest BCUT2D eigenvalue weighted by atomic mass is 10.1. The largest absolute Gasteiger partial charge is 0.493 e. The lowest BCUT2D eigenvalue weighted by molar-refractivity contribution is -0.127. The van der Waals surface area contributed by atoms with E-state index in [1.165, 1.54) is 25.9 Å². The van der Waals surface area contributed by atoms with Crippen LogP contribution in [0.4, 0.5) is 0 Å². The van der Waals surface area contributed by atoms with Crippen LogP contribution in [-0.2, 0) is 4.79 Å². The highest BCUT2D eigenvalue weighted by Crippen LogP contribution is 2.28. The number of methoxy groups -OCH3 is 2. The molecule has 0 radical (unpaired) electrons. The van der Waals surface area contributed by atoms with E-state index in [1.54, 1.807) is 20.3 Å². The van der Waals surface area contributed by atoms with Crippen LogP contribution < -0.4 is 9.47 Å². The minimum atomic E-state index is 0.108. The van der Waals surface area contributed by atoms with Gasteiger partial charge in [0.15, 0.2) is 11.5 Å². The quantitative estimate of drug-likeness (QED) is 0.744. The van der Waals surface area contributed by atoms with Gasteiger partial charge in [-0.25, -0.2) is 0 Å². The molecule has 0 aromatic heterocycles. The second-order valence-electron chi connectivity index (χ2n) is 6.78. The summed E-state index contributed by atoms with van der Waals surface area (Å²) in [5.74, 6) is 1.47. The van der Waals surface area contributed by atoms with Gasteiger partial charge in [0.25, 0.3) is 0 Å². The molecule has 3 rings (SSSR count). The Kier molecular flexibility index (Phi) is 5.97. The van der Waals surface area contributed by atoms with E-state index in [2.05, 4.69) is 4.90 Å². The molecule has 2 heterocycles. The summed E-state index contributed by atoms with van der Waals surface area (Å²) in [5.41, 5.74) is 0.932. The van der Waals surface area contributed by atoms with Gasteiger partial charge >= 0.3 is 0 Å². The van der Waals surface area contributed by atoms with E-state index in [4.69, 9.17) is 9.47 Å². The molecule has 0 aliphatic carbocycles. The molecule has 1 aromatic carbocycles. The Balaban J connectivity index is 1.63. The van der Waals surface area contributed by atoms with Gasteiger partial charge in [-0.2, -0.15) is 0 Å². The minimum absolute atomic E-state index is 0.108. The van der Waals surface area contributed by atoms with Crippen molar-refractivity contribution in [2.45, 2.75) is 31.7 Å². The molecule has 136 valence electrons. The second-order valence-corrected chi connectivity index (χ2v) is 6.78. The van der Waals surface area contributed by atoms with Gasteiger partial charge in [0.05, 0.1) is 14.2 Å². The highest BCUT2D eigenvalue weighted by atomic mass is 16.5. The molecule has 2 aliphatic heterocycles. The van der Waals surface area contributed by atoms with Crippen molar-refractivity contribution in [3.63, 3.8) is 0 Å². The Morgan fingerprint density at radius 2 is 1.88 bits per heavy atom. The van der Waals surface area contributed by atoms with Gasteiger partial charge < -0.3 is 19.3 Å². The number of carbonyl (C=O) groups is 1. The fourth-order valence-corrected chi connectivity index (χ4v) is 3.80. The molecule has 1 atom stereocenters. The van der Waals surface area contributed by atoms with E-state index < -0.39 is 0 Å². The Labute approximate surface area is 150 Å². The van der Waals surface area contributed by atoms with E-state index in [9.17, 15) is 4.79 Å². The predicted octanol–water partition coefficient (Wildman–Crippen LogP) is 2.80. The Morgan fingerprint density at radius 3 is 2.60 bits per heavy atom. The molecular formula is C20H28N2O3. The van der Waals surface area contributed by atoms with Gasteiger partial charge in [0, 0.05) is 25.2 Å². The molecule has 5 heteroatoms. The monoisotopic (exact) mass is 344 g/mol. The number of amides is 1. The lowest BCUT2D eigenvalue weighted by Crippen LogP contribution is -2.41. The van der Waals surface area contributed by atoms with Crippen LogP contribution in [-0.4, -0.2) is 62.1 Å². The number of benzene rings is 1. The van der Waals surface area contributed by atoms with Crippen LogP contribution in [0.1, 0.15) is 31.2 Å². The molecule has 0 saturated carbocycles. The Bertz CT molecular complexity index is 623. The number of nitrogens with zero attached hydrogens (tertiary/aromatic N) is 2. The molecule has 2 fully saturated rings. The first kappa shape index (κ1) is 17.8. The lowest BCUT2D eigenvalue weighted by Gasteiger charge is -2.27. The van der Waals surface area contributed by atoms with Gasteiger partial charge in [0.2, 0.25) is 5.91 Å². The van der Waals surface area contributed by atoms with Gasteiger partial charge in [0.1, 0.15) is 0 Å². The first-order chi connectivity index (χ1) is 12.2. The second kappa shape index (κ2) is 8.39. The average molecular weight is 344 g/mol. The molecule has 1 unspecified atom stereocenters. The van der Waals surface area contributed by atoms with Gasteiger partial charge in [-0.3, -0.25) is 4.79 Å². The first-order valence-electron chi connectivity index (χ1n) is 9.14. The highest BCUT2D eigenvalue weighted by Gasteiger charge is 2.29. The summed E-state index contributed by atoms with van der Waals surface area (Å²) >= 11 is 0. The Hall–Kier alpha value is -2.01. The smallest absolute Gasteiger partial charge is 0.246 e. The number of hydrogen-bond acceptors (Lipinski definition) is 4. The van der Waals surface area contributed by atoms with E-state index >= 15 is 0 Å². The maximum Gasteiger partial charge on any atom is 0.246 e. The average Bonchev–Trinajstić information content (AvgIpc) is 3.31. The molecule has 1 aromatic rings. The first-order valence-corrected chi connectivity index (χ1v) is 9.14. The Morgan fingerprint density at radius 1 is 1.12 bits per heavy atom. The van der Waals surface area contributed by atoms with Crippen molar-refractivity contribution in [2.24, 2.45) is 0 Å². The van der Waals surface area contributed by atoms with Crippen molar-refractivity contribution in [1.29, 1.82) is 0 Å². The van der Waals surface area contributed by atoms with Crippen molar-refractivity contribution in [2.75, 3.05) is 40.4 Å². The normalized spacial score (nSPS) is 21.2. The summed E-state index contributed by atoms with van der Waals surface area (Å²) in [6, 6.07) is 6.03. The summed E-state index contributed by atoms with van der Waals surface area (Å²) in [6.45, 7) is 4.25. The van der Waals surface area contributed by atoms with Crippen LogP contribution in [0.3, 0.4) is 0 Å². The summed E-state index contributed by atoms with van der Waals surface area (Å²) in [5, 5.41) is 0. The van der Waals surface area contributed by atoms with E-state index in [0.717, 1.165) is 31.5 Å². The third-order valence-electron chi connectivity index (χ3n) is 5.15. The van der Waals surface area contributed by atoms with Crippen molar-refractivity contribution < 1.29 is 14.3 Å². The predicted molar refractivity (Wildman–Crippen MR) is 99.0 cm³/mol. The van der Waals surface area contributed by atoms with Crippen LogP contribution in [0.5, 0.6) is 11.5 Å². The standard InChI is InChI=1S/C20H28N2O3/c1-24-18-9-7-16(14-19(18)25-2)8-10-20(23)22-13-5-6-17(22)15-21-11-3-4-12-21/h7-10,14,17H,3-6,11-13,15H2,1-2H3/b10-8+. The third kappa shape index (κ3) is 4.34. The molecule has 2 saturated heterocycles. The SMILES string of the molecule is COc1ccc(/C=C/C(=O)N2CCCC2CN2CCCC2)cc1OC. The minimum Gasteiger partial charge on any atom is -0.493 e. The number of likely N-dealkylation sites (tertiary alicyclic amines) is 2. The van der Waals surface area contributed by atoms with Crippen LogP contribution in [0.15, 0.2) is 24.3 Å². The highest BCUT2D eigenvalue weighted by molar-refractivity contribution is 5.92. The van der Waals surface area contributed by atoms with Crippen molar-refractivity contribution >= 4 is 12.0 Å². The zero-order chi connectivity index (χ0) is 17.6. The topological polar surface area (TPSA) is 42.0 Å². The van der Waals surface area contributed by atoms with Gasteiger partial charge in [-0.05, 0) is 62.5 Å². The van der Waals surface area contributed by atoms with E-state index in [-0.39, 0.29) is 5.91 Å². The fraction of sp³-hybridized carbons (Fsp3) is 0.550. The molecule has 0 spiro atoms. The molecule has 5 nitrogen and oxygen atoms in total. The van der Waals surface area contributed by atoms with Crippen molar-refractivity contribution in [1.82, 2.24) is 9.80 Å². The zero-order valence-corrected chi connectivity index (χ0v) is 15.2. The fourth-order valence-electron chi connectivity index (χ4n) is 3.80. The molecule has 25 heavy (non-hydrogen) atoms. The van der Waals surface area contributed by atoms with Gasteiger partial charge in [-0.1, -0.05) is 6.07 Å². The summed E-state index contributed by atoms with van der Waals surface area (Å²) < 4.78 is 10.6. The third-order valence-corrected chi connectivity index (χ3v) is 5.15. The number of hydrogen-bond donors (Lipinski definition) is 0. The number of rotatable bonds is 6. The maximum absolute atomic E-state index is 12.6. The molecule has 0 N–H and O–H groups in total. The van der Waals surface area contributed by atoms with Crippen LogP contribution in [0.25, 0.3) is 6.08 Å². The van der Waals surface area contributed by atoms with Gasteiger partial charge in [-0.15, -0.1) is 0 Å². The summed E-state index contributed by atoms with van der Waals surface area (Å²) in [6.07, 6.45) is 8.35. The van der Waals surface area contributed by atoms with E-state index in [0.29, 0.717) is 17.5 Å². The van der Waals surface area contributed by atoms with Crippen molar-refractivity contribution in [3.8, 4) is 11.5 Å². The molecule has 0 bridgehead atoms. The van der Waals surface area contributed by atoms with E-state index in [1.807, 2.05) is 29.2 Å². The van der Waals surface area contributed by atoms with Crippen LogP contribution in [0, 0.1) is 0 Å². The number of ether oxygens (including phenoxy) is 2. The van der Waals surface area contributed by atoms with Crippen LogP contribution >= 0.6 is 0 Å². The maximum atomic E-state index is 12.6. The van der Waals surface area contributed by atoms with Crippen molar-refractivity contribution in [3.05, 3.63) is 29.8 Å². The molecule has 1 amide bonds. The summed E-state index contributed by atoms with van der Waals surface area (Å²) in [7, 11) is 3.23. The number of carbonyl (C=O) groups excluding carboxylic acids is 1. The van der Waals surface area contributed by atoms with Crippen LogP contribution in [0.2, 0.25) is 0 Å². The molecular weight excluding hydrogens is 316 g/mol.